The van der Waals surface area contributed by atoms with Crippen molar-refractivity contribution >= 4 is 28.3 Å². The van der Waals surface area contributed by atoms with E-state index >= 15 is 0 Å². The quantitative estimate of drug-likeness (QED) is 0.514. The van der Waals surface area contributed by atoms with Crippen molar-refractivity contribution in [3.8, 4) is 0 Å². The molecule has 1 saturated heterocycles. The Balaban J connectivity index is 1.89. The first-order valence-electron chi connectivity index (χ1n) is 5.44. The number of rotatable bonds is 2. The van der Waals surface area contributed by atoms with Crippen LogP contribution >= 0.6 is 22.6 Å². The maximum Gasteiger partial charge on any atom is 0.0596 e. The van der Waals surface area contributed by atoms with Crippen molar-refractivity contribution in [1.82, 2.24) is 4.90 Å². The minimum atomic E-state index is 0.890. The molecule has 86 valence electrons. The van der Waals surface area contributed by atoms with Gasteiger partial charge in [-0.2, -0.15) is 0 Å². The molecule has 0 radical (unpaired) electrons. The standard InChI is InChI=1S/C12H15IN2O/c13-11-3-1-10(2-4-11)9-15-7-5-12(14-16)6-8-15/h1-4,16H,5-9H2. The van der Waals surface area contributed by atoms with Crippen LogP contribution in [-0.4, -0.2) is 28.9 Å². The summed E-state index contributed by atoms with van der Waals surface area (Å²) in [5, 5.41) is 12.0. The minimum Gasteiger partial charge on any atom is -0.411 e. The molecular formula is C12H15IN2O. The predicted octanol–water partition coefficient (Wildman–Crippen LogP) is 2.72. The number of benzene rings is 1. The number of halogens is 1. The lowest BCUT2D eigenvalue weighted by Gasteiger charge is -2.26. The van der Waals surface area contributed by atoms with E-state index in [4.69, 9.17) is 5.21 Å². The third-order valence-electron chi connectivity index (χ3n) is 2.89. The van der Waals surface area contributed by atoms with E-state index in [1.165, 1.54) is 9.13 Å². The molecule has 4 heteroatoms. The van der Waals surface area contributed by atoms with Crippen LogP contribution < -0.4 is 0 Å². The van der Waals surface area contributed by atoms with E-state index in [1.54, 1.807) is 0 Å². The van der Waals surface area contributed by atoms with E-state index < -0.39 is 0 Å². The Morgan fingerprint density at radius 2 is 1.81 bits per heavy atom. The van der Waals surface area contributed by atoms with Gasteiger partial charge in [-0.25, -0.2) is 0 Å². The number of likely N-dealkylation sites (tertiary alicyclic amines) is 1. The van der Waals surface area contributed by atoms with Gasteiger partial charge in [0.2, 0.25) is 0 Å². The summed E-state index contributed by atoms with van der Waals surface area (Å²) in [4.78, 5) is 2.40. The fourth-order valence-electron chi connectivity index (χ4n) is 1.92. The van der Waals surface area contributed by atoms with E-state index in [0.29, 0.717) is 0 Å². The van der Waals surface area contributed by atoms with Crippen LogP contribution in [0.4, 0.5) is 0 Å². The lowest BCUT2D eigenvalue weighted by molar-refractivity contribution is 0.256. The molecule has 1 fully saturated rings. The van der Waals surface area contributed by atoms with Crippen LogP contribution in [0.3, 0.4) is 0 Å². The van der Waals surface area contributed by atoms with Crippen molar-refractivity contribution in [2.75, 3.05) is 13.1 Å². The van der Waals surface area contributed by atoms with Crippen molar-refractivity contribution in [3.05, 3.63) is 33.4 Å². The molecule has 1 heterocycles. The lowest BCUT2D eigenvalue weighted by atomic mass is 10.1. The zero-order valence-electron chi connectivity index (χ0n) is 9.06. The van der Waals surface area contributed by atoms with Crippen molar-refractivity contribution in [1.29, 1.82) is 0 Å². The Morgan fingerprint density at radius 1 is 1.19 bits per heavy atom. The first-order chi connectivity index (χ1) is 7.78. The van der Waals surface area contributed by atoms with Crippen LogP contribution in [-0.2, 0) is 6.54 Å². The van der Waals surface area contributed by atoms with Gasteiger partial charge in [0.05, 0.1) is 5.71 Å². The van der Waals surface area contributed by atoms with Crippen LogP contribution in [0.1, 0.15) is 18.4 Å². The molecule has 1 aliphatic rings. The van der Waals surface area contributed by atoms with E-state index in [2.05, 4.69) is 56.9 Å². The Labute approximate surface area is 109 Å². The van der Waals surface area contributed by atoms with Gasteiger partial charge in [0, 0.05) is 36.0 Å². The van der Waals surface area contributed by atoms with Crippen LogP contribution in [0, 0.1) is 3.57 Å². The van der Waals surface area contributed by atoms with Crippen molar-refractivity contribution in [2.45, 2.75) is 19.4 Å². The second-order valence-electron chi connectivity index (χ2n) is 4.07. The first-order valence-corrected chi connectivity index (χ1v) is 6.52. The Hall–Kier alpha value is -0.620. The lowest BCUT2D eigenvalue weighted by Crippen LogP contribution is -2.33. The van der Waals surface area contributed by atoms with Gasteiger partial charge >= 0.3 is 0 Å². The third kappa shape index (κ3) is 3.18. The molecule has 0 unspecified atom stereocenters. The van der Waals surface area contributed by atoms with E-state index in [0.717, 1.165) is 38.2 Å². The molecule has 0 aromatic heterocycles. The van der Waals surface area contributed by atoms with E-state index in [-0.39, 0.29) is 0 Å². The number of hydrogen-bond donors (Lipinski definition) is 1. The summed E-state index contributed by atoms with van der Waals surface area (Å²) in [7, 11) is 0. The fraction of sp³-hybridized carbons (Fsp3) is 0.417. The van der Waals surface area contributed by atoms with Gasteiger partial charge in [0.1, 0.15) is 0 Å². The molecule has 1 aliphatic heterocycles. The molecule has 1 N–H and O–H groups in total. The smallest absolute Gasteiger partial charge is 0.0596 e. The number of nitrogens with zero attached hydrogens (tertiary/aromatic N) is 2. The molecule has 3 nitrogen and oxygen atoms in total. The summed E-state index contributed by atoms with van der Waals surface area (Å²) in [6.45, 7) is 2.98. The molecule has 1 aromatic carbocycles. The maximum absolute atomic E-state index is 8.67. The Morgan fingerprint density at radius 3 is 2.38 bits per heavy atom. The molecule has 0 aliphatic carbocycles. The largest absolute Gasteiger partial charge is 0.411 e. The highest BCUT2D eigenvalue weighted by atomic mass is 127. The topological polar surface area (TPSA) is 35.8 Å². The SMILES string of the molecule is ON=C1CCN(Cc2ccc(I)cc2)CC1. The predicted molar refractivity (Wildman–Crippen MR) is 72.9 cm³/mol. The van der Waals surface area contributed by atoms with Gasteiger partial charge < -0.3 is 5.21 Å². The highest BCUT2D eigenvalue weighted by molar-refractivity contribution is 14.1. The zero-order chi connectivity index (χ0) is 11.4. The molecule has 0 amide bonds. The molecule has 0 spiro atoms. The summed E-state index contributed by atoms with van der Waals surface area (Å²) in [5.74, 6) is 0. The second-order valence-corrected chi connectivity index (χ2v) is 5.31. The Bertz CT molecular complexity index is 365. The van der Waals surface area contributed by atoms with Crippen molar-refractivity contribution in [3.63, 3.8) is 0 Å². The normalized spacial score (nSPS) is 17.4. The van der Waals surface area contributed by atoms with Gasteiger partial charge in [-0.1, -0.05) is 17.3 Å². The average molecular weight is 330 g/mol. The van der Waals surface area contributed by atoms with Gasteiger partial charge in [0.15, 0.2) is 0 Å². The number of piperidine rings is 1. The number of hydrogen-bond acceptors (Lipinski definition) is 3. The second kappa shape index (κ2) is 5.63. The van der Waals surface area contributed by atoms with E-state index in [9.17, 15) is 0 Å². The van der Waals surface area contributed by atoms with Crippen LogP contribution in [0.2, 0.25) is 0 Å². The minimum absolute atomic E-state index is 0.890. The fourth-order valence-corrected chi connectivity index (χ4v) is 2.28. The first kappa shape index (κ1) is 11.9. The van der Waals surface area contributed by atoms with Gasteiger partial charge in [-0.3, -0.25) is 4.90 Å². The molecule has 16 heavy (non-hydrogen) atoms. The van der Waals surface area contributed by atoms with Crippen molar-refractivity contribution in [2.24, 2.45) is 5.16 Å². The van der Waals surface area contributed by atoms with Gasteiger partial charge in [-0.15, -0.1) is 0 Å². The molecule has 0 atom stereocenters. The number of oxime groups is 1. The van der Waals surface area contributed by atoms with Crippen LogP contribution in [0.5, 0.6) is 0 Å². The van der Waals surface area contributed by atoms with Crippen molar-refractivity contribution < 1.29 is 5.21 Å². The van der Waals surface area contributed by atoms with Crippen LogP contribution in [0.15, 0.2) is 29.4 Å². The summed E-state index contributed by atoms with van der Waals surface area (Å²) in [6, 6.07) is 8.63. The third-order valence-corrected chi connectivity index (χ3v) is 3.61. The summed E-state index contributed by atoms with van der Waals surface area (Å²) in [6.07, 6.45) is 1.78. The maximum atomic E-state index is 8.67. The molecular weight excluding hydrogens is 315 g/mol. The molecule has 0 bridgehead atoms. The molecule has 0 saturated carbocycles. The highest BCUT2D eigenvalue weighted by Gasteiger charge is 2.15. The molecule has 2 rings (SSSR count). The van der Waals surface area contributed by atoms with Crippen LogP contribution in [0.25, 0.3) is 0 Å². The van der Waals surface area contributed by atoms with E-state index in [1.807, 2.05) is 0 Å². The monoisotopic (exact) mass is 330 g/mol. The zero-order valence-corrected chi connectivity index (χ0v) is 11.2. The van der Waals surface area contributed by atoms with Gasteiger partial charge in [-0.05, 0) is 40.3 Å². The summed E-state index contributed by atoms with van der Waals surface area (Å²) >= 11 is 2.32. The highest BCUT2D eigenvalue weighted by Crippen LogP contribution is 2.13. The average Bonchev–Trinajstić information content (AvgIpc) is 2.33. The summed E-state index contributed by atoms with van der Waals surface area (Å²) < 4.78 is 1.27. The molecule has 1 aromatic rings. The van der Waals surface area contributed by atoms with Gasteiger partial charge in [0.25, 0.3) is 0 Å². The summed E-state index contributed by atoms with van der Waals surface area (Å²) in [5.41, 5.74) is 2.28. The Kier molecular flexibility index (Phi) is 4.17.